The zero-order valence-electron chi connectivity index (χ0n) is 14.3. The van der Waals surface area contributed by atoms with Crippen molar-refractivity contribution < 1.29 is 18.7 Å². The van der Waals surface area contributed by atoms with E-state index < -0.39 is 5.54 Å². The predicted octanol–water partition coefficient (Wildman–Crippen LogP) is 2.25. The Morgan fingerprint density at radius 1 is 1.42 bits per heavy atom. The third kappa shape index (κ3) is 4.12. The molecule has 1 aromatic carbocycles. The minimum Gasteiger partial charge on any atom is -0.382 e. The van der Waals surface area contributed by atoms with Crippen LogP contribution in [0.2, 0.25) is 0 Å². The van der Waals surface area contributed by atoms with Gasteiger partial charge in [-0.25, -0.2) is 4.39 Å². The summed E-state index contributed by atoms with van der Waals surface area (Å²) >= 11 is 0. The first-order valence-corrected chi connectivity index (χ1v) is 8.39. The Morgan fingerprint density at radius 2 is 2.17 bits per heavy atom. The van der Waals surface area contributed by atoms with E-state index in [4.69, 9.17) is 4.74 Å². The molecule has 1 aliphatic heterocycles. The number of nitrogens with one attached hydrogen (secondary N) is 1. The average molecular weight is 336 g/mol. The molecule has 5 nitrogen and oxygen atoms in total. The van der Waals surface area contributed by atoms with Gasteiger partial charge in [0.1, 0.15) is 11.4 Å². The summed E-state index contributed by atoms with van der Waals surface area (Å²) in [6.07, 6.45) is 1.46. The van der Waals surface area contributed by atoms with Gasteiger partial charge in [0, 0.05) is 38.3 Å². The molecule has 1 fully saturated rings. The SMILES string of the molecule is CCOCCCNC(=O)[C@@]1(C)CCC(=O)N1Cc1ccccc1F. The van der Waals surface area contributed by atoms with Gasteiger partial charge < -0.3 is 15.0 Å². The lowest BCUT2D eigenvalue weighted by atomic mass is 9.97. The van der Waals surface area contributed by atoms with Crippen LogP contribution in [0.15, 0.2) is 24.3 Å². The predicted molar refractivity (Wildman–Crippen MR) is 88.7 cm³/mol. The lowest BCUT2D eigenvalue weighted by Gasteiger charge is -2.34. The summed E-state index contributed by atoms with van der Waals surface area (Å²) < 4.78 is 19.1. The van der Waals surface area contributed by atoms with Gasteiger partial charge in [0.05, 0.1) is 0 Å². The molecular weight excluding hydrogens is 311 g/mol. The Kier molecular flexibility index (Phi) is 6.31. The summed E-state index contributed by atoms with van der Waals surface area (Å²) in [5.41, 5.74) is -0.520. The molecule has 24 heavy (non-hydrogen) atoms. The molecule has 0 aromatic heterocycles. The molecule has 0 spiro atoms. The maximum Gasteiger partial charge on any atom is 0.245 e. The molecule has 0 aliphatic carbocycles. The third-order valence-corrected chi connectivity index (χ3v) is 4.45. The van der Waals surface area contributed by atoms with E-state index in [1.807, 2.05) is 6.92 Å². The Morgan fingerprint density at radius 3 is 2.88 bits per heavy atom. The van der Waals surface area contributed by atoms with Crippen LogP contribution in [0.25, 0.3) is 0 Å². The molecular formula is C18H25FN2O3. The molecule has 2 rings (SSSR count). The van der Waals surface area contributed by atoms with Gasteiger partial charge in [-0.15, -0.1) is 0 Å². The van der Waals surface area contributed by atoms with Crippen LogP contribution in [0.5, 0.6) is 0 Å². The maximum absolute atomic E-state index is 13.9. The molecule has 0 saturated carbocycles. The van der Waals surface area contributed by atoms with Crippen LogP contribution in [-0.2, 0) is 20.9 Å². The van der Waals surface area contributed by atoms with Gasteiger partial charge >= 0.3 is 0 Å². The van der Waals surface area contributed by atoms with E-state index in [0.29, 0.717) is 38.2 Å². The number of likely N-dealkylation sites (tertiary alicyclic amines) is 1. The number of carbonyl (C=O) groups excluding carboxylic acids is 2. The average Bonchev–Trinajstić information content (AvgIpc) is 2.86. The Bertz CT molecular complexity index is 593. The number of ether oxygens (including phenoxy) is 1. The van der Waals surface area contributed by atoms with Gasteiger partial charge in [-0.3, -0.25) is 9.59 Å². The topological polar surface area (TPSA) is 58.6 Å². The summed E-state index contributed by atoms with van der Waals surface area (Å²) in [4.78, 5) is 26.3. The second kappa shape index (κ2) is 8.24. The Balaban J connectivity index is 2.02. The van der Waals surface area contributed by atoms with Crippen molar-refractivity contribution >= 4 is 11.8 Å². The molecule has 1 aliphatic rings. The highest BCUT2D eigenvalue weighted by atomic mass is 19.1. The first-order chi connectivity index (χ1) is 11.5. The number of amides is 2. The van der Waals surface area contributed by atoms with Gasteiger partial charge in [0.2, 0.25) is 11.8 Å². The van der Waals surface area contributed by atoms with Crippen molar-refractivity contribution in [2.24, 2.45) is 0 Å². The number of hydrogen-bond donors (Lipinski definition) is 1. The lowest BCUT2D eigenvalue weighted by Crippen LogP contribution is -2.54. The Hall–Kier alpha value is -1.95. The molecule has 1 atom stereocenters. The van der Waals surface area contributed by atoms with Crippen molar-refractivity contribution in [1.82, 2.24) is 10.2 Å². The highest BCUT2D eigenvalue weighted by molar-refractivity contribution is 5.94. The van der Waals surface area contributed by atoms with Crippen molar-refractivity contribution in [3.8, 4) is 0 Å². The second-order valence-electron chi connectivity index (χ2n) is 6.15. The van der Waals surface area contributed by atoms with Crippen molar-refractivity contribution in [3.05, 3.63) is 35.6 Å². The van der Waals surface area contributed by atoms with E-state index in [1.165, 1.54) is 11.0 Å². The smallest absolute Gasteiger partial charge is 0.245 e. The van der Waals surface area contributed by atoms with Crippen LogP contribution in [-0.4, -0.2) is 42.0 Å². The molecule has 0 radical (unpaired) electrons. The van der Waals surface area contributed by atoms with Crippen molar-refractivity contribution in [2.75, 3.05) is 19.8 Å². The van der Waals surface area contributed by atoms with Crippen LogP contribution in [0.1, 0.15) is 38.7 Å². The van der Waals surface area contributed by atoms with E-state index >= 15 is 0 Å². The first kappa shape index (κ1) is 18.4. The monoisotopic (exact) mass is 336 g/mol. The van der Waals surface area contributed by atoms with E-state index in [2.05, 4.69) is 5.32 Å². The number of halogens is 1. The minimum atomic E-state index is -0.940. The summed E-state index contributed by atoms with van der Waals surface area (Å²) in [6.45, 7) is 5.51. The van der Waals surface area contributed by atoms with Crippen molar-refractivity contribution in [3.63, 3.8) is 0 Å². The third-order valence-electron chi connectivity index (χ3n) is 4.45. The summed E-state index contributed by atoms with van der Waals surface area (Å²) in [6, 6.07) is 6.33. The molecule has 0 unspecified atom stereocenters. The van der Waals surface area contributed by atoms with Gasteiger partial charge in [0.25, 0.3) is 0 Å². The van der Waals surface area contributed by atoms with Gasteiger partial charge in [-0.1, -0.05) is 18.2 Å². The number of benzene rings is 1. The summed E-state index contributed by atoms with van der Waals surface area (Å²) in [7, 11) is 0. The normalized spacial score (nSPS) is 20.5. The Labute approximate surface area is 142 Å². The fourth-order valence-corrected chi connectivity index (χ4v) is 2.90. The number of nitrogens with zero attached hydrogens (tertiary/aromatic N) is 1. The number of hydrogen-bond acceptors (Lipinski definition) is 3. The molecule has 1 heterocycles. The molecule has 1 saturated heterocycles. The van der Waals surface area contributed by atoms with Gasteiger partial charge in [-0.05, 0) is 32.8 Å². The van der Waals surface area contributed by atoms with Crippen LogP contribution >= 0.6 is 0 Å². The quantitative estimate of drug-likeness (QED) is 0.741. The first-order valence-electron chi connectivity index (χ1n) is 8.39. The molecule has 6 heteroatoms. The molecule has 2 amide bonds. The standard InChI is InChI=1S/C18H25FN2O3/c1-3-24-12-6-11-20-17(23)18(2)10-9-16(22)21(18)13-14-7-4-5-8-15(14)19/h4-5,7-8H,3,6,9-13H2,1-2H3,(H,20,23)/t18-/m1/s1. The van der Waals surface area contributed by atoms with Crippen LogP contribution in [0.4, 0.5) is 4.39 Å². The van der Waals surface area contributed by atoms with Crippen molar-refractivity contribution in [1.29, 1.82) is 0 Å². The van der Waals surface area contributed by atoms with E-state index in [0.717, 1.165) is 6.42 Å². The second-order valence-corrected chi connectivity index (χ2v) is 6.15. The molecule has 132 valence electrons. The summed E-state index contributed by atoms with van der Waals surface area (Å²) in [5, 5.41) is 2.87. The highest BCUT2D eigenvalue weighted by Gasteiger charge is 2.47. The van der Waals surface area contributed by atoms with Crippen molar-refractivity contribution in [2.45, 2.75) is 45.2 Å². The highest BCUT2D eigenvalue weighted by Crippen LogP contribution is 2.32. The van der Waals surface area contributed by atoms with E-state index in [9.17, 15) is 14.0 Å². The zero-order chi connectivity index (χ0) is 17.6. The van der Waals surface area contributed by atoms with E-state index in [1.54, 1.807) is 25.1 Å². The maximum atomic E-state index is 13.9. The fourth-order valence-electron chi connectivity index (χ4n) is 2.90. The summed E-state index contributed by atoms with van der Waals surface area (Å²) in [5.74, 6) is -0.678. The fraction of sp³-hybridized carbons (Fsp3) is 0.556. The van der Waals surface area contributed by atoms with E-state index in [-0.39, 0.29) is 24.2 Å². The molecule has 1 N–H and O–H groups in total. The number of rotatable bonds is 8. The van der Waals surface area contributed by atoms with Gasteiger partial charge in [0.15, 0.2) is 0 Å². The zero-order valence-corrected chi connectivity index (χ0v) is 14.3. The molecule has 0 bridgehead atoms. The largest absolute Gasteiger partial charge is 0.382 e. The van der Waals surface area contributed by atoms with Crippen LogP contribution in [0.3, 0.4) is 0 Å². The van der Waals surface area contributed by atoms with Crippen LogP contribution in [0, 0.1) is 5.82 Å². The lowest BCUT2D eigenvalue weighted by molar-refractivity contribution is -0.141. The van der Waals surface area contributed by atoms with Gasteiger partial charge in [-0.2, -0.15) is 0 Å². The van der Waals surface area contributed by atoms with Crippen LogP contribution < -0.4 is 5.32 Å². The minimum absolute atomic E-state index is 0.106. The molecule has 1 aromatic rings. The number of carbonyl (C=O) groups is 2.